The Balaban J connectivity index is 2.15. The van der Waals surface area contributed by atoms with Crippen LogP contribution >= 0.6 is 0 Å². The Morgan fingerprint density at radius 1 is 1.39 bits per heavy atom. The number of aromatic nitrogens is 1. The molecule has 102 valence electrons. The lowest BCUT2D eigenvalue weighted by molar-refractivity contribution is 0.0260. The van der Waals surface area contributed by atoms with E-state index in [1.165, 1.54) is 5.56 Å². The number of hydrogen-bond acceptors (Lipinski definition) is 4. The maximum absolute atomic E-state index is 9.71. The Morgan fingerprint density at radius 2 is 2.17 bits per heavy atom. The predicted molar refractivity (Wildman–Crippen MR) is 72.3 cm³/mol. The van der Waals surface area contributed by atoms with Crippen molar-refractivity contribution in [3.63, 3.8) is 0 Å². The van der Waals surface area contributed by atoms with Gasteiger partial charge in [0.15, 0.2) is 0 Å². The molecule has 0 saturated carbocycles. The van der Waals surface area contributed by atoms with Gasteiger partial charge in [0.25, 0.3) is 0 Å². The average molecular weight is 252 g/mol. The smallest absolute Gasteiger partial charge is 0.0897 e. The van der Waals surface area contributed by atoms with E-state index in [1.807, 2.05) is 19.2 Å². The van der Waals surface area contributed by atoms with E-state index in [2.05, 4.69) is 24.1 Å². The standard InChI is InChI=1S/C14H24N2O2/c1-11(2)9-18-10-14(17)8-16-7-13-4-5-15-6-12(13)3/h4-6,11,14,16-17H,7-10H2,1-3H3. The van der Waals surface area contributed by atoms with Gasteiger partial charge < -0.3 is 15.2 Å². The molecule has 0 spiro atoms. The fourth-order valence-corrected chi connectivity index (χ4v) is 1.57. The molecule has 0 aliphatic heterocycles. The third-order valence-corrected chi connectivity index (χ3v) is 2.59. The van der Waals surface area contributed by atoms with Gasteiger partial charge in [-0.2, -0.15) is 0 Å². The van der Waals surface area contributed by atoms with Crippen LogP contribution in [0.1, 0.15) is 25.0 Å². The third kappa shape index (κ3) is 6.10. The fraction of sp³-hybridized carbons (Fsp3) is 0.643. The minimum Gasteiger partial charge on any atom is -0.389 e. The van der Waals surface area contributed by atoms with Crippen molar-refractivity contribution in [2.45, 2.75) is 33.4 Å². The van der Waals surface area contributed by atoms with Crippen LogP contribution in [0.15, 0.2) is 18.5 Å². The summed E-state index contributed by atoms with van der Waals surface area (Å²) in [6, 6.07) is 1.99. The number of aryl methyl sites for hydroxylation is 1. The number of nitrogens with zero attached hydrogens (tertiary/aromatic N) is 1. The number of aliphatic hydroxyl groups excluding tert-OH is 1. The molecule has 1 rings (SSSR count). The van der Waals surface area contributed by atoms with Crippen molar-refractivity contribution in [2.24, 2.45) is 5.92 Å². The molecule has 0 fully saturated rings. The van der Waals surface area contributed by atoms with Crippen molar-refractivity contribution in [1.29, 1.82) is 0 Å². The molecule has 0 aliphatic rings. The number of pyridine rings is 1. The Kier molecular flexibility index (Phi) is 6.86. The second-order valence-electron chi connectivity index (χ2n) is 5.02. The lowest BCUT2D eigenvalue weighted by Crippen LogP contribution is -2.30. The summed E-state index contributed by atoms with van der Waals surface area (Å²) in [5.41, 5.74) is 2.37. The first-order chi connectivity index (χ1) is 8.59. The van der Waals surface area contributed by atoms with Crippen LogP contribution < -0.4 is 5.32 Å². The molecule has 1 aromatic heterocycles. The quantitative estimate of drug-likeness (QED) is 0.736. The topological polar surface area (TPSA) is 54.4 Å². The first-order valence-electron chi connectivity index (χ1n) is 6.45. The van der Waals surface area contributed by atoms with E-state index in [-0.39, 0.29) is 0 Å². The van der Waals surface area contributed by atoms with Gasteiger partial charge in [-0.1, -0.05) is 13.8 Å². The average Bonchev–Trinajstić information content (AvgIpc) is 2.31. The Hall–Kier alpha value is -0.970. The molecule has 2 N–H and O–H groups in total. The van der Waals surface area contributed by atoms with Crippen molar-refractivity contribution in [3.05, 3.63) is 29.6 Å². The van der Waals surface area contributed by atoms with E-state index in [1.54, 1.807) is 6.20 Å². The van der Waals surface area contributed by atoms with Gasteiger partial charge in [0, 0.05) is 32.1 Å². The highest BCUT2D eigenvalue weighted by molar-refractivity contribution is 5.21. The summed E-state index contributed by atoms with van der Waals surface area (Å²) in [6.07, 6.45) is 3.18. The van der Waals surface area contributed by atoms with Crippen molar-refractivity contribution in [2.75, 3.05) is 19.8 Å². The van der Waals surface area contributed by atoms with Crippen LogP contribution in [-0.2, 0) is 11.3 Å². The molecule has 1 atom stereocenters. The molecule has 1 heterocycles. The molecule has 0 radical (unpaired) electrons. The lowest BCUT2D eigenvalue weighted by atomic mass is 10.1. The molecule has 0 bridgehead atoms. The molecular weight excluding hydrogens is 228 g/mol. The normalized spacial score (nSPS) is 12.9. The van der Waals surface area contributed by atoms with Crippen molar-refractivity contribution >= 4 is 0 Å². The number of aliphatic hydroxyl groups is 1. The highest BCUT2D eigenvalue weighted by atomic mass is 16.5. The molecule has 4 nitrogen and oxygen atoms in total. The zero-order valence-electron chi connectivity index (χ0n) is 11.5. The van der Waals surface area contributed by atoms with E-state index in [0.717, 1.165) is 12.1 Å². The van der Waals surface area contributed by atoms with Crippen LogP contribution in [0.3, 0.4) is 0 Å². The predicted octanol–water partition coefficient (Wildman–Crippen LogP) is 1.51. The van der Waals surface area contributed by atoms with Gasteiger partial charge in [0.05, 0.1) is 12.7 Å². The van der Waals surface area contributed by atoms with Crippen molar-refractivity contribution in [1.82, 2.24) is 10.3 Å². The summed E-state index contributed by atoms with van der Waals surface area (Å²) in [6.45, 7) is 8.59. The van der Waals surface area contributed by atoms with Gasteiger partial charge in [0.1, 0.15) is 0 Å². The van der Waals surface area contributed by atoms with E-state index in [9.17, 15) is 5.11 Å². The van der Waals surface area contributed by atoms with Crippen LogP contribution in [0.4, 0.5) is 0 Å². The molecule has 0 aromatic carbocycles. The van der Waals surface area contributed by atoms with Crippen LogP contribution in [0.25, 0.3) is 0 Å². The summed E-state index contributed by atoms with van der Waals surface area (Å²) < 4.78 is 5.38. The maximum atomic E-state index is 9.71. The molecule has 0 saturated heterocycles. The minimum atomic E-state index is -0.453. The van der Waals surface area contributed by atoms with E-state index in [0.29, 0.717) is 25.7 Å². The summed E-state index contributed by atoms with van der Waals surface area (Å²) >= 11 is 0. The maximum Gasteiger partial charge on any atom is 0.0897 e. The minimum absolute atomic E-state index is 0.389. The first-order valence-corrected chi connectivity index (χ1v) is 6.45. The summed E-state index contributed by atoms with van der Waals surface area (Å²) in [5.74, 6) is 0.504. The zero-order valence-corrected chi connectivity index (χ0v) is 11.5. The first kappa shape index (κ1) is 15.1. The zero-order chi connectivity index (χ0) is 13.4. The largest absolute Gasteiger partial charge is 0.389 e. The van der Waals surface area contributed by atoms with Gasteiger partial charge in [0.2, 0.25) is 0 Å². The molecule has 1 unspecified atom stereocenters. The molecule has 4 heteroatoms. The van der Waals surface area contributed by atoms with Crippen LogP contribution in [-0.4, -0.2) is 36.0 Å². The number of rotatable bonds is 8. The monoisotopic (exact) mass is 252 g/mol. The summed E-state index contributed by atoms with van der Waals surface area (Å²) in [5, 5.41) is 12.9. The summed E-state index contributed by atoms with van der Waals surface area (Å²) in [4.78, 5) is 4.05. The van der Waals surface area contributed by atoms with Gasteiger partial charge in [-0.05, 0) is 30.0 Å². The number of nitrogens with one attached hydrogen (secondary N) is 1. The van der Waals surface area contributed by atoms with E-state index in [4.69, 9.17) is 4.74 Å². The van der Waals surface area contributed by atoms with Gasteiger partial charge in [-0.3, -0.25) is 4.98 Å². The Bertz CT molecular complexity index is 342. The van der Waals surface area contributed by atoms with Crippen LogP contribution in [0.5, 0.6) is 0 Å². The molecule has 18 heavy (non-hydrogen) atoms. The van der Waals surface area contributed by atoms with Gasteiger partial charge >= 0.3 is 0 Å². The molecular formula is C14H24N2O2. The second-order valence-corrected chi connectivity index (χ2v) is 5.02. The van der Waals surface area contributed by atoms with Crippen molar-refractivity contribution in [3.8, 4) is 0 Å². The highest BCUT2D eigenvalue weighted by Gasteiger charge is 2.05. The molecule has 1 aromatic rings. The van der Waals surface area contributed by atoms with E-state index < -0.39 is 6.10 Å². The fourth-order valence-electron chi connectivity index (χ4n) is 1.57. The number of ether oxygens (including phenoxy) is 1. The highest BCUT2D eigenvalue weighted by Crippen LogP contribution is 2.04. The van der Waals surface area contributed by atoms with Crippen LogP contribution in [0, 0.1) is 12.8 Å². The Labute approximate surface area is 109 Å². The Morgan fingerprint density at radius 3 is 2.83 bits per heavy atom. The van der Waals surface area contributed by atoms with Gasteiger partial charge in [-0.15, -0.1) is 0 Å². The van der Waals surface area contributed by atoms with E-state index >= 15 is 0 Å². The van der Waals surface area contributed by atoms with Crippen LogP contribution in [0.2, 0.25) is 0 Å². The molecule has 0 amide bonds. The number of hydrogen-bond donors (Lipinski definition) is 2. The second kappa shape index (κ2) is 8.19. The molecule has 0 aliphatic carbocycles. The third-order valence-electron chi connectivity index (χ3n) is 2.59. The summed E-state index contributed by atoms with van der Waals surface area (Å²) in [7, 11) is 0. The van der Waals surface area contributed by atoms with Gasteiger partial charge in [-0.25, -0.2) is 0 Å². The SMILES string of the molecule is Cc1cnccc1CNCC(O)COCC(C)C. The van der Waals surface area contributed by atoms with Crippen molar-refractivity contribution < 1.29 is 9.84 Å². The lowest BCUT2D eigenvalue weighted by Gasteiger charge is -2.14.